The minimum atomic E-state index is -0.881. The van der Waals surface area contributed by atoms with E-state index in [0.29, 0.717) is 23.3 Å². The second-order valence-corrected chi connectivity index (χ2v) is 4.22. The number of hydrogen-bond donors (Lipinski definition) is 2. The first-order valence-corrected chi connectivity index (χ1v) is 5.69. The van der Waals surface area contributed by atoms with Crippen molar-refractivity contribution in [1.82, 2.24) is 9.97 Å². The largest absolute Gasteiger partial charge is 0.342 e. The Hall–Kier alpha value is -1.49. The summed E-state index contributed by atoms with van der Waals surface area (Å²) in [6, 6.07) is 2.23. The molecule has 0 aliphatic heterocycles. The first kappa shape index (κ1) is 12.0. The average Bonchev–Trinajstić information content (AvgIpc) is 2.60. The summed E-state index contributed by atoms with van der Waals surface area (Å²) in [5.41, 5.74) is 6.83. The minimum absolute atomic E-state index is 0.0234. The molecule has 2 aromatic rings. The first-order chi connectivity index (χ1) is 8.10. The second kappa shape index (κ2) is 4.79. The van der Waals surface area contributed by atoms with Gasteiger partial charge in [0.2, 0.25) is 0 Å². The highest BCUT2D eigenvalue weighted by Gasteiger charge is 2.10. The zero-order valence-corrected chi connectivity index (χ0v) is 9.63. The number of rotatable bonds is 4. The molecule has 0 bridgehead atoms. The van der Waals surface area contributed by atoms with Crippen LogP contribution in [0.25, 0.3) is 11.0 Å². The van der Waals surface area contributed by atoms with E-state index < -0.39 is 11.6 Å². The number of fused-ring (bicyclic) bond motifs is 1. The van der Waals surface area contributed by atoms with Crippen LogP contribution in [0.5, 0.6) is 0 Å². The van der Waals surface area contributed by atoms with Gasteiger partial charge >= 0.3 is 0 Å². The Bertz CT molecular complexity index is 483. The molecule has 5 heteroatoms. The molecule has 2 rings (SSSR count). The first-order valence-electron chi connectivity index (χ1n) is 5.69. The van der Waals surface area contributed by atoms with Gasteiger partial charge in [0.25, 0.3) is 0 Å². The van der Waals surface area contributed by atoms with E-state index in [1.807, 2.05) is 0 Å². The fraction of sp³-hybridized carbons (Fsp3) is 0.417. The molecule has 3 N–H and O–H groups in total. The number of aromatic amines is 1. The molecule has 17 heavy (non-hydrogen) atoms. The minimum Gasteiger partial charge on any atom is -0.342 e. The predicted molar refractivity (Wildman–Crippen MR) is 62.6 cm³/mol. The molecule has 0 aliphatic rings. The third-order valence-electron chi connectivity index (χ3n) is 2.69. The fourth-order valence-corrected chi connectivity index (χ4v) is 1.88. The predicted octanol–water partition coefficient (Wildman–Crippen LogP) is 2.51. The lowest BCUT2D eigenvalue weighted by atomic mass is 10.1. The number of benzene rings is 1. The summed E-state index contributed by atoms with van der Waals surface area (Å²) in [6.07, 6.45) is 2.50. The number of aromatic nitrogens is 2. The van der Waals surface area contributed by atoms with Crippen LogP contribution in [-0.2, 0) is 6.42 Å². The van der Waals surface area contributed by atoms with Crippen LogP contribution >= 0.6 is 0 Å². The Morgan fingerprint density at radius 2 is 2.06 bits per heavy atom. The molecule has 0 saturated heterocycles. The number of hydrogen-bond acceptors (Lipinski definition) is 2. The van der Waals surface area contributed by atoms with Gasteiger partial charge in [-0.2, -0.15) is 0 Å². The van der Waals surface area contributed by atoms with Gasteiger partial charge in [0.15, 0.2) is 11.6 Å². The Morgan fingerprint density at radius 1 is 1.35 bits per heavy atom. The van der Waals surface area contributed by atoms with Crippen molar-refractivity contribution < 1.29 is 8.78 Å². The van der Waals surface area contributed by atoms with E-state index in [2.05, 4.69) is 16.9 Å². The number of halogens is 2. The van der Waals surface area contributed by atoms with Crippen LogP contribution in [0, 0.1) is 11.6 Å². The molecule has 1 aromatic heterocycles. The molecule has 0 amide bonds. The van der Waals surface area contributed by atoms with Crippen LogP contribution in [0.3, 0.4) is 0 Å². The number of nitrogens with zero attached hydrogens (tertiary/aromatic N) is 1. The lowest BCUT2D eigenvalue weighted by molar-refractivity contribution is 0.510. The topological polar surface area (TPSA) is 54.7 Å². The van der Waals surface area contributed by atoms with Crippen molar-refractivity contribution in [2.75, 3.05) is 0 Å². The third-order valence-corrected chi connectivity index (χ3v) is 2.69. The highest BCUT2D eigenvalue weighted by Crippen LogP contribution is 2.17. The summed E-state index contributed by atoms with van der Waals surface area (Å²) in [7, 11) is 0. The maximum absolute atomic E-state index is 13.0. The van der Waals surface area contributed by atoms with Crippen molar-refractivity contribution in [2.24, 2.45) is 5.73 Å². The molecule has 0 saturated carbocycles. The Kier molecular flexibility index (Phi) is 3.38. The van der Waals surface area contributed by atoms with Gasteiger partial charge in [-0.25, -0.2) is 13.8 Å². The van der Waals surface area contributed by atoms with E-state index in [-0.39, 0.29) is 6.04 Å². The van der Waals surface area contributed by atoms with Crippen LogP contribution in [0.1, 0.15) is 25.6 Å². The molecular weight excluding hydrogens is 224 g/mol. The normalized spacial score (nSPS) is 13.2. The fourth-order valence-electron chi connectivity index (χ4n) is 1.88. The number of nitrogens with two attached hydrogens (primary N) is 1. The maximum Gasteiger partial charge on any atom is 0.161 e. The van der Waals surface area contributed by atoms with Gasteiger partial charge in [-0.15, -0.1) is 0 Å². The van der Waals surface area contributed by atoms with E-state index in [9.17, 15) is 8.78 Å². The Labute approximate surface area is 98.0 Å². The molecule has 1 aromatic carbocycles. The van der Waals surface area contributed by atoms with Crippen LogP contribution in [-0.4, -0.2) is 16.0 Å². The molecule has 0 aliphatic carbocycles. The van der Waals surface area contributed by atoms with Crippen molar-refractivity contribution in [3.8, 4) is 0 Å². The highest BCUT2D eigenvalue weighted by atomic mass is 19.2. The van der Waals surface area contributed by atoms with Crippen LogP contribution in [0.4, 0.5) is 8.78 Å². The monoisotopic (exact) mass is 239 g/mol. The lowest BCUT2D eigenvalue weighted by Crippen LogP contribution is -2.22. The lowest BCUT2D eigenvalue weighted by Gasteiger charge is -2.06. The van der Waals surface area contributed by atoms with Crippen molar-refractivity contribution >= 4 is 11.0 Å². The van der Waals surface area contributed by atoms with Crippen molar-refractivity contribution in [1.29, 1.82) is 0 Å². The molecular formula is C12H15F2N3. The van der Waals surface area contributed by atoms with Gasteiger partial charge in [0, 0.05) is 24.6 Å². The molecule has 0 spiro atoms. The molecule has 1 unspecified atom stereocenters. The SMILES string of the molecule is CCCC(N)Cc1nc2cc(F)c(F)cc2[nH]1. The van der Waals surface area contributed by atoms with Crippen molar-refractivity contribution in [3.05, 3.63) is 29.6 Å². The van der Waals surface area contributed by atoms with Gasteiger partial charge < -0.3 is 10.7 Å². The van der Waals surface area contributed by atoms with Gasteiger partial charge in [-0.1, -0.05) is 13.3 Å². The van der Waals surface area contributed by atoms with E-state index in [0.717, 1.165) is 25.0 Å². The molecule has 3 nitrogen and oxygen atoms in total. The second-order valence-electron chi connectivity index (χ2n) is 4.22. The zero-order valence-electron chi connectivity index (χ0n) is 9.63. The summed E-state index contributed by atoms with van der Waals surface area (Å²) in [5.74, 6) is -1.08. The Balaban J connectivity index is 2.25. The summed E-state index contributed by atoms with van der Waals surface area (Å²) in [4.78, 5) is 7.15. The van der Waals surface area contributed by atoms with Crippen molar-refractivity contribution in [2.45, 2.75) is 32.2 Å². The van der Waals surface area contributed by atoms with Crippen LogP contribution in [0.15, 0.2) is 12.1 Å². The van der Waals surface area contributed by atoms with Gasteiger partial charge in [-0.05, 0) is 6.42 Å². The smallest absolute Gasteiger partial charge is 0.161 e. The van der Waals surface area contributed by atoms with Gasteiger partial charge in [0.05, 0.1) is 11.0 Å². The summed E-state index contributed by atoms with van der Waals surface area (Å²) < 4.78 is 26.0. The molecule has 0 fully saturated rings. The number of H-pyrrole nitrogens is 1. The summed E-state index contributed by atoms with van der Waals surface area (Å²) in [5, 5.41) is 0. The van der Waals surface area contributed by atoms with E-state index in [1.54, 1.807) is 0 Å². The van der Waals surface area contributed by atoms with Crippen LogP contribution < -0.4 is 5.73 Å². The van der Waals surface area contributed by atoms with Gasteiger partial charge in [-0.3, -0.25) is 0 Å². The maximum atomic E-state index is 13.0. The molecule has 92 valence electrons. The van der Waals surface area contributed by atoms with Crippen molar-refractivity contribution in [3.63, 3.8) is 0 Å². The third kappa shape index (κ3) is 2.61. The molecule has 1 atom stereocenters. The van der Waals surface area contributed by atoms with E-state index in [4.69, 9.17) is 5.73 Å². The molecule has 1 heterocycles. The standard InChI is InChI=1S/C12H15F2N3/c1-2-3-7(15)4-12-16-10-5-8(13)9(14)6-11(10)17-12/h5-7H,2-4,15H2,1H3,(H,16,17). The average molecular weight is 239 g/mol. The van der Waals surface area contributed by atoms with Crippen LogP contribution in [0.2, 0.25) is 0 Å². The number of imidazole rings is 1. The van der Waals surface area contributed by atoms with E-state index >= 15 is 0 Å². The Morgan fingerprint density at radius 3 is 2.76 bits per heavy atom. The summed E-state index contributed by atoms with van der Waals surface area (Å²) in [6.45, 7) is 2.06. The highest BCUT2D eigenvalue weighted by molar-refractivity contribution is 5.75. The van der Waals surface area contributed by atoms with Gasteiger partial charge in [0.1, 0.15) is 5.82 Å². The molecule has 0 radical (unpaired) electrons. The summed E-state index contributed by atoms with van der Waals surface area (Å²) >= 11 is 0. The quantitative estimate of drug-likeness (QED) is 0.861. The zero-order chi connectivity index (χ0) is 12.4. The number of nitrogens with one attached hydrogen (secondary N) is 1. The van der Waals surface area contributed by atoms with E-state index in [1.165, 1.54) is 0 Å².